The lowest BCUT2D eigenvalue weighted by Gasteiger charge is -2.11. The minimum atomic E-state index is -3.35. The molecule has 23 heavy (non-hydrogen) atoms. The van der Waals surface area contributed by atoms with E-state index in [9.17, 15) is 8.42 Å². The maximum atomic E-state index is 11.4. The van der Waals surface area contributed by atoms with Crippen LogP contribution in [0, 0.1) is 0 Å². The number of pyridine rings is 1. The molecule has 0 spiro atoms. The van der Waals surface area contributed by atoms with Gasteiger partial charge in [0.05, 0.1) is 11.7 Å². The van der Waals surface area contributed by atoms with Crippen LogP contribution in [0.25, 0.3) is 10.9 Å². The minimum Gasteiger partial charge on any atom is -0.388 e. The number of nitrogens with zero attached hydrogens (tertiary/aromatic N) is 2. The summed E-state index contributed by atoms with van der Waals surface area (Å²) in [5.41, 5.74) is 7.09. The third-order valence-electron chi connectivity index (χ3n) is 3.20. The molecule has 0 bridgehead atoms. The summed E-state index contributed by atoms with van der Waals surface area (Å²) in [6.07, 6.45) is 2.44. The van der Waals surface area contributed by atoms with E-state index < -0.39 is 9.84 Å². The fourth-order valence-electron chi connectivity index (χ4n) is 2.15. The van der Waals surface area contributed by atoms with Crippen LogP contribution in [0.2, 0.25) is 0 Å². The summed E-state index contributed by atoms with van der Waals surface area (Å²) in [6.45, 7) is 0. The van der Waals surface area contributed by atoms with Gasteiger partial charge in [-0.25, -0.2) is 13.4 Å². The number of benzene rings is 1. The molecule has 0 amide bonds. The van der Waals surface area contributed by atoms with Gasteiger partial charge >= 0.3 is 0 Å². The molecule has 0 radical (unpaired) electrons. The molecule has 6 nitrogen and oxygen atoms in total. The molecule has 0 aliphatic rings. The van der Waals surface area contributed by atoms with Crippen LogP contribution in [0.1, 0.15) is 5.69 Å². The summed E-state index contributed by atoms with van der Waals surface area (Å²) < 4.78 is 24.4. The van der Waals surface area contributed by atoms with Gasteiger partial charge in [0.2, 0.25) is 0 Å². The van der Waals surface area contributed by atoms with Gasteiger partial charge in [-0.3, -0.25) is 0 Å². The standard InChI is InChI=1S/C15H13N3O3S2/c1-23(19,20)14-7-6-11(9-17-14)21-18-12-5-3-2-4-10(12)8-13(18)15(16)22/h2-9H,1H3,(H2,16,22). The number of nitrogens with two attached hydrogens (primary N) is 1. The molecule has 0 aliphatic carbocycles. The van der Waals surface area contributed by atoms with Gasteiger partial charge in [-0.15, -0.1) is 0 Å². The topological polar surface area (TPSA) is 87.2 Å². The minimum absolute atomic E-state index is 0.0169. The molecule has 0 aliphatic heterocycles. The highest BCUT2D eigenvalue weighted by Gasteiger charge is 2.14. The van der Waals surface area contributed by atoms with Crippen LogP contribution in [0.4, 0.5) is 0 Å². The second kappa shape index (κ2) is 5.64. The van der Waals surface area contributed by atoms with E-state index in [1.165, 1.54) is 23.1 Å². The van der Waals surface area contributed by atoms with Gasteiger partial charge in [-0.05, 0) is 24.3 Å². The molecule has 3 rings (SSSR count). The SMILES string of the molecule is CS(=O)(=O)c1ccc(On2c(C(N)=S)cc3ccccc32)cn1. The van der Waals surface area contributed by atoms with Crippen LogP contribution in [-0.2, 0) is 9.84 Å². The average molecular weight is 347 g/mol. The summed E-state index contributed by atoms with van der Waals surface area (Å²) >= 11 is 5.06. The molecule has 0 saturated carbocycles. The molecule has 1 aromatic carbocycles. The zero-order valence-corrected chi connectivity index (χ0v) is 13.8. The van der Waals surface area contributed by atoms with Crippen molar-refractivity contribution in [2.24, 2.45) is 5.73 Å². The predicted octanol–water partition coefficient (Wildman–Crippen LogP) is 1.92. The fourth-order valence-corrected chi connectivity index (χ4v) is 2.85. The van der Waals surface area contributed by atoms with Crippen molar-refractivity contribution in [3.63, 3.8) is 0 Å². The molecule has 0 unspecified atom stereocenters. The van der Waals surface area contributed by atoms with Gasteiger partial charge in [-0.2, -0.15) is 4.73 Å². The lowest BCUT2D eigenvalue weighted by Crippen LogP contribution is -2.18. The number of fused-ring (bicyclic) bond motifs is 1. The van der Waals surface area contributed by atoms with Gasteiger partial charge in [0.1, 0.15) is 10.7 Å². The maximum absolute atomic E-state index is 11.4. The Bertz CT molecular complexity index is 992. The van der Waals surface area contributed by atoms with Crippen molar-refractivity contribution in [2.75, 3.05) is 6.26 Å². The number of sulfone groups is 1. The van der Waals surface area contributed by atoms with E-state index in [0.717, 1.165) is 17.2 Å². The summed E-state index contributed by atoms with van der Waals surface area (Å²) in [6, 6.07) is 12.3. The molecule has 2 aromatic heterocycles. The number of hydrogen-bond acceptors (Lipinski definition) is 5. The monoisotopic (exact) mass is 347 g/mol. The van der Waals surface area contributed by atoms with Crippen molar-refractivity contribution < 1.29 is 13.3 Å². The van der Waals surface area contributed by atoms with Crippen molar-refractivity contribution in [1.82, 2.24) is 9.71 Å². The zero-order valence-electron chi connectivity index (χ0n) is 12.1. The smallest absolute Gasteiger partial charge is 0.192 e. The molecule has 0 fully saturated rings. The Morgan fingerprint density at radius 1 is 1.26 bits per heavy atom. The van der Waals surface area contributed by atoms with Gasteiger partial charge in [0, 0.05) is 11.6 Å². The molecule has 2 N–H and O–H groups in total. The van der Waals surface area contributed by atoms with Crippen LogP contribution >= 0.6 is 12.2 Å². The van der Waals surface area contributed by atoms with Crippen molar-refractivity contribution in [3.8, 4) is 5.75 Å². The zero-order chi connectivity index (χ0) is 16.6. The molecule has 3 aromatic rings. The van der Waals surface area contributed by atoms with Gasteiger partial charge in [-0.1, -0.05) is 30.4 Å². The predicted molar refractivity (Wildman–Crippen MR) is 91.2 cm³/mol. The summed E-state index contributed by atoms with van der Waals surface area (Å²) in [4.78, 5) is 9.87. The maximum Gasteiger partial charge on any atom is 0.192 e. The first-order valence-corrected chi connectivity index (χ1v) is 8.91. The van der Waals surface area contributed by atoms with E-state index >= 15 is 0 Å². The second-order valence-electron chi connectivity index (χ2n) is 4.94. The van der Waals surface area contributed by atoms with E-state index in [0.29, 0.717) is 11.4 Å². The fraction of sp³-hybridized carbons (Fsp3) is 0.0667. The quantitative estimate of drug-likeness (QED) is 0.726. The lowest BCUT2D eigenvalue weighted by atomic mass is 10.2. The Balaban J connectivity index is 2.04. The van der Waals surface area contributed by atoms with Crippen LogP contribution in [0.5, 0.6) is 5.75 Å². The van der Waals surface area contributed by atoms with Crippen molar-refractivity contribution in [1.29, 1.82) is 0 Å². The number of hydrogen-bond donors (Lipinski definition) is 1. The van der Waals surface area contributed by atoms with Crippen molar-refractivity contribution in [2.45, 2.75) is 5.03 Å². The van der Waals surface area contributed by atoms with E-state index in [-0.39, 0.29) is 10.0 Å². The van der Waals surface area contributed by atoms with E-state index in [2.05, 4.69) is 4.98 Å². The molecule has 8 heteroatoms. The normalized spacial score (nSPS) is 11.5. The summed E-state index contributed by atoms with van der Waals surface area (Å²) in [5.74, 6) is 0.372. The lowest BCUT2D eigenvalue weighted by molar-refractivity contribution is 0.226. The Kier molecular flexibility index (Phi) is 3.78. The highest BCUT2D eigenvalue weighted by molar-refractivity contribution is 7.90. The van der Waals surface area contributed by atoms with E-state index in [1.807, 2.05) is 30.3 Å². The highest BCUT2D eigenvalue weighted by atomic mass is 32.2. The van der Waals surface area contributed by atoms with Crippen LogP contribution in [-0.4, -0.2) is 29.4 Å². The number of para-hydroxylation sites is 1. The average Bonchev–Trinajstić information content (AvgIpc) is 2.86. The van der Waals surface area contributed by atoms with Crippen LogP contribution in [0.3, 0.4) is 0 Å². The number of aromatic nitrogens is 2. The Labute approximate surface area is 138 Å². The second-order valence-corrected chi connectivity index (χ2v) is 7.35. The molecule has 0 saturated heterocycles. The third-order valence-corrected chi connectivity index (χ3v) is 4.42. The first-order valence-electron chi connectivity index (χ1n) is 6.61. The van der Waals surface area contributed by atoms with E-state index in [1.54, 1.807) is 0 Å². The number of rotatable bonds is 4. The van der Waals surface area contributed by atoms with Gasteiger partial charge < -0.3 is 10.6 Å². The summed E-state index contributed by atoms with van der Waals surface area (Å²) in [5, 5.41) is 0.910. The van der Waals surface area contributed by atoms with Crippen LogP contribution < -0.4 is 10.6 Å². The van der Waals surface area contributed by atoms with Gasteiger partial charge in [0.25, 0.3) is 0 Å². The Hall–Kier alpha value is -2.45. The highest BCUT2D eigenvalue weighted by Crippen LogP contribution is 2.22. The van der Waals surface area contributed by atoms with Crippen LogP contribution in [0.15, 0.2) is 53.7 Å². The Morgan fingerprint density at radius 3 is 2.61 bits per heavy atom. The largest absolute Gasteiger partial charge is 0.388 e. The Morgan fingerprint density at radius 2 is 2.00 bits per heavy atom. The molecule has 118 valence electrons. The molecule has 2 heterocycles. The molecular weight excluding hydrogens is 334 g/mol. The first kappa shape index (κ1) is 15.4. The first-order chi connectivity index (χ1) is 10.9. The molecular formula is C15H13N3O3S2. The molecule has 0 atom stereocenters. The third kappa shape index (κ3) is 3.03. The van der Waals surface area contributed by atoms with E-state index in [4.69, 9.17) is 22.8 Å². The van der Waals surface area contributed by atoms with Crippen molar-refractivity contribution in [3.05, 3.63) is 54.4 Å². The number of thiocarbonyl (C=S) groups is 1. The van der Waals surface area contributed by atoms with Gasteiger partial charge in [0.15, 0.2) is 20.6 Å². The van der Waals surface area contributed by atoms with Crippen molar-refractivity contribution >= 4 is 37.9 Å². The summed E-state index contributed by atoms with van der Waals surface area (Å²) in [7, 11) is -3.35.